The third-order valence-electron chi connectivity index (χ3n) is 5.35. The van der Waals surface area contributed by atoms with Gasteiger partial charge in [0.05, 0.1) is 13.0 Å². The van der Waals surface area contributed by atoms with Gasteiger partial charge >= 0.3 is 0 Å². The van der Waals surface area contributed by atoms with Crippen LogP contribution in [-0.4, -0.2) is 35.2 Å². The molecule has 0 radical (unpaired) electrons. The fraction of sp³-hybridized carbons (Fsp3) is 0.240. The minimum absolute atomic E-state index is 0.119. The number of methoxy groups -OCH3 is 1. The fourth-order valence-corrected chi connectivity index (χ4v) is 3.65. The Hall–Kier alpha value is -4.27. The number of primary amides is 1. The number of amides is 2. The van der Waals surface area contributed by atoms with E-state index in [0.717, 1.165) is 11.6 Å². The van der Waals surface area contributed by atoms with Crippen molar-refractivity contribution < 1.29 is 29.0 Å². The van der Waals surface area contributed by atoms with E-state index in [2.05, 4.69) is 5.32 Å². The zero-order valence-electron chi connectivity index (χ0n) is 18.8. The quantitative estimate of drug-likeness (QED) is 0.377. The van der Waals surface area contributed by atoms with Gasteiger partial charge in [-0.3, -0.25) is 14.4 Å². The molecule has 0 saturated heterocycles. The number of phenolic OH excluding ortho intramolecular Hbond substituents is 1. The molecule has 2 amide bonds. The predicted octanol–water partition coefficient (Wildman–Crippen LogP) is 2.10. The maximum Gasteiger partial charge on any atom is 0.240 e. The van der Waals surface area contributed by atoms with Crippen molar-refractivity contribution in [2.45, 2.75) is 31.7 Å². The van der Waals surface area contributed by atoms with Crippen LogP contribution in [0.25, 0.3) is 0 Å². The highest BCUT2D eigenvalue weighted by molar-refractivity contribution is 5.87. The van der Waals surface area contributed by atoms with Gasteiger partial charge < -0.3 is 30.4 Å². The topological polar surface area (TPSA) is 152 Å². The minimum Gasteiger partial charge on any atom is -0.504 e. The molecule has 0 fully saturated rings. The van der Waals surface area contributed by atoms with Crippen molar-refractivity contribution in [3.63, 3.8) is 0 Å². The second-order valence-corrected chi connectivity index (χ2v) is 7.83. The first-order valence-corrected chi connectivity index (χ1v) is 10.5. The number of nitrogens with one attached hydrogen (secondary N) is 1. The Labute approximate surface area is 195 Å². The molecular formula is C25H26N2O7. The van der Waals surface area contributed by atoms with Crippen molar-refractivity contribution in [3.05, 3.63) is 87.5 Å². The van der Waals surface area contributed by atoms with Crippen molar-refractivity contribution in [1.82, 2.24) is 5.32 Å². The minimum atomic E-state index is -0.969. The van der Waals surface area contributed by atoms with E-state index in [1.165, 1.54) is 25.3 Å². The average Bonchev–Trinajstić information content (AvgIpc) is 2.80. The van der Waals surface area contributed by atoms with Gasteiger partial charge in [-0.15, -0.1) is 0 Å². The number of hydrogen-bond acceptors (Lipinski definition) is 7. The molecule has 1 aromatic heterocycles. The number of ether oxygens (including phenoxy) is 1. The van der Waals surface area contributed by atoms with Crippen LogP contribution in [0.3, 0.4) is 0 Å². The number of carbonyl (C=O) groups is 2. The van der Waals surface area contributed by atoms with Crippen LogP contribution in [-0.2, 0) is 16.0 Å². The van der Waals surface area contributed by atoms with Crippen LogP contribution >= 0.6 is 0 Å². The Kier molecular flexibility index (Phi) is 7.57. The van der Waals surface area contributed by atoms with Crippen LogP contribution in [0.5, 0.6) is 17.2 Å². The number of aromatic hydroxyl groups is 2. The molecule has 2 atom stereocenters. The summed E-state index contributed by atoms with van der Waals surface area (Å²) in [5.41, 5.74) is 6.10. The van der Waals surface area contributed by atoms with E-state index in [9.17, 15) is 24.6 Å². The monoisotopic (exact) mass is 466 g/mol. The number of rotatable bonds is 9. The highest BCUT2D eigenvalue weighted by Crippen LogP contribution is 2.37. The smallest absolute Gasteiger partial charge is 0.240 e. The lowest BCUT2D eigenvalue weighted by Gasteiger charge is -2.21. The highest BCUT2D eigenvalue weighted by Gasteiger charge is 2.28. The molecule has 0 spiro atoms. The third-order valence-corrected chi connectivity index (χ3v) is 5.35. The second kappa shape index (κ2) is 10.6. The van der Waals surface area contributed by atoms with Gasteiger partial charge in [-0.25, -0.2) is 0 Å². The number of nitrogens with two attached hydrogens (primary N) is 1. The lowest BCUT2D eigenvalue weighted by Crippen LogP contribution is -2.46. The largest absolute Gasteiger partial charge is 0.504 e. The van der Waals surface area contributed by atoms with Crippen LogP contribution in [0.1, 0.15) is 35.0 Å². The molecule has 34 heavy (non-hydrogen) atoms. The van der Waals surface area contributed by atoms with Gasteiger partial charge in [0.2, 0.25) is 23.0 Å². The molecule has 0 bridgehead atoms. The lowest BCUT2D eigenvalue weighted by atomic mass is 9.91. The summed E-state index contributed by atoms with van der Waals surface area (Å²) in [6, 6.07) is 13.6. The zero-order chi connectivity index (χ0) is 24.8. The molecule has 1 heterocycles. The van der Waals surface area contributed by atoms with Crippen LogP contribution in [0, 0.1) is 6.92 Å². The normalized spacial score (nSPS) is 12.5. The molecule has 178 valence electrons. The van der Waals surface area contributed by atoms with E-state index in [1.54, 1.807) is 6.92 Å². The Bertz CT molecular complexity index is 1240. The average molecular weight is 466 g/mol. The van der Waals surface area contributed by atoms with Crippen molar-refractivity contribution >= 4 is 11.8 Å². The first-order valence-electron chi connectivity index (χ1n) is 10.5. The Morgan fingerprint density at radius 3 is 2.47 bits per heavy atom. The summed E-state index contributed by atoms with van der Waals surface area (Å²) in [4.78, 5) is 37.2. The summed E-state index contributed by atoms with van der Waals surface area (Å²) < 4.78 is 10.8. The zero-order valence-corrected chi connectivity index (χ0v) is 18.8. The molecule has 3 rings (SSSR count). The van der Waals surface area contributed by atoms with E-state index in [-0.39, 0.29) is 35.9 Å². The fourth-order valence-electron chi connectivity index (χ4n) is 3.65. The molecule has 5 N–H and O–H groups in total. The van der Waals surface area contributed by atoms with Crippen molar-refractivity contribution in [1.29, 1.82) is 0 Å². The van der Waals surface area contributed by atoms with Crippen LogP contribution in [0.4, 0.5) is 0 Å². The number of aryl methyl sites for hydroxylation is 1. The molecule has 3 aromatic rings. The maximum atomic E-state index is 13.0. The Morgan fingerprint density at radius 2 is 1.82 bits per heavy atom. The second-order valence-electron chi connectivity index (χ2n) is 7.83. The van der Waals surface area contributed by atoms with Gasteiger partial charge in [0, 0.05) is 18.9 Å². The number of carbonyl (C=O) groups excluding carboxylic acids is 2. The molecule has 2 aromatic carbocycles. The van der Waals surface area contributed by atoms with Gasteiger partial charge in [0.1, 0.15) is 11.8 Å². The molecule has 0 saturated carbocycles. The van der Waals surface area contributed by atoms with Gasteiger partial charge in [0.15, 0.2) is 17.3 Å². The number of benzene rings is 2. The van der Waals surface area contributed by atoms with Crippen molar-refractivity contribution in [3.8, 4) is 17.2 Å². The predicted molar refractivity (Wildman–Crippen MR) is 124 cm³/mol. The Balaban J connectivity index is 1.94. The maximum absolute atomic E-state index is 13.0. The summed E-state index contributed by atoms with van der Waals surface area (Å²) >= 11 is 0. The van der Waals surface area contributed by atoms with Gasteiger partial charge in [-0.1, -0.05) is 36.4 Å². The summed E-state index contributed by atoms with van der Waals surface area (Å²) in [5.74, 6) is -2.68. The molecule has 9 heteroatoms. The number of hydrogen-bond donors (Lipinski definition) is 4. The van der Waals surface area contributed by atoms with E-state index >= 15 is 0 Å². The van der Waals surface area contributed by atoms with Crippen LogP contribution < -0.4 is 21.2 Å². The van der Waals surface area contributed by atoms with Gasteiger partial charge in [-0.05, 0) is 30.2 Å². The van der Waals surface area contributed by atoms with Crippen LogP contribution in [0.2, 0.25) is 0 Å². The lowest BCUT2D eigenvalue weighted by molar-refractivity contribution is -0.127. The molecule has 0 aliphatic carbocycles. The summed E-state index contributed by atoms with van der Waals surface area (Å²) in [7, 11) is 1.37. The van der Waals surface area contributed by atoms with E-state index < -0.39 is 35.0 Å². The van der Waals surface area contributed by atoms with Crippen LogP contribution in [0.15, 0.2) is 63.8 Å². The van der Waals surface area contributed by atoms with Gasteiger partial charge in [0.25, 0.3) is 0 Å². The highest BCUT2D eigenvalue weighted by atomic mass is 16.5. The van der Waals surface area contributed by atoms with Crippen molar-refractivity contribution in [2.75, 3.05) is 7.11 Å². The SMILES string of the molecule is COc1cc([C@@H](CC(=O)N[C@@H](Cc2ccccc2)C(N)=O)c2oc(C)cc(=O)c2O)ccc1O. The molecule has 9 nitrogen and oxygen atoms in total. The molecule has 0 aliphatic heterocycles. The standard InChI is InChI=1S/C25H26N2O7/c1-14-10-20(29)23(31)24(34-14)17(16-8-9-19(28)21(12-16)33-2)13-22(30)27-18(25(26)32)11-15-6-4-3-5-7-15/h3-10,12,17-18,28,31H,11,13H2,1-2H3,(H2,26,32)(H,27,30)/t17-,18+/m1/s1. The summed E-state index contributed by atoms with van der Waals surface area (Å²) in [6.07, 6.45) is -0.0865. The third kappa shape index (κ3) is 5.74. The molecule has 0 unspecified atom stereocenters. The number of phenols is 1. The first kappa shape index (κ1) is 24.4. The van der Waals surface area contributed by atoms with Gasteiger partial charge in [-0.2, -0.15) is 0 Å². The molecular weight excluding hydrogens is 440 g/mol. The van der Waals surface area contributed by atoms with Crippen molar-refractivity contribution in [2.24, 2.45) is 5.73 Å². The molecule has 0 aliphatic rings. The van der Waals surface area contributed by atoms with E-state index in [1.807, 2.05) is 30.3 Å². The van der Waals surface area contributed by atoms with E-state index in [4.69, 9.17) is 14.9 Å². The summed E-state index contributed by atoms with van der Waals surface area (Å²) in [5, 5.41) is 23.0. The van der Waals surface area contributed by atoms with E-state index in [0.29, 0.717) is 5.56 Å². The first-order chi connectivity index (χ1) is 16.2. The summed E-state index contributed by atoms with van der Waals surface area (Å²) in [6.45, 7) is 1.54. The Morgan fingerprint density at radius 1 is 1.12 bits per heavy atom.